The van der Waals surface area contributed by atoms with Crippen LogP contribution in [0, 0.1) is 0 Å². The highest BCUT2D eigenvalue weighted by Gasteiger charge is 2.26. The Morgan fingerprint density at radius 3 is 3.00 bits per heavy atom. The minimum atomic E-state index is -0.123. The molecule has 0 aliphatic carbocycles. The molecule has 3 rings (SSSR count). The molecule has 104 valence electrons. The van der Waals surface area contributed by atoms with Gasteiger partial charge in [0.25, 0.3) is 5.91 Å². The predicted molar refractivity (Wildman–Crippen MR) is 81.2 cm³/mol. The quantitative estimate of drug-likeness (QED) is 0.920. The first-order valence-corrected chi connectivity index (χ1v) is 7.56. The van der Waals surface area contributed by atoms with Gasteiger partial charge in [-0.05, 0) is 19.1 Å². The molecule has 0 bridgehead atoms. The summed E-state index contributed by atoms with van der Waals surface area (Å²) in [5.41, 5.74) is 7.63. The van der Waals surface area contributed by atoms with Crippen LogP contribution in [-0.2, 0) is 6.54 Å². The van der Waals surface area contributed by atoms with Crippen molar-refractivity contribution >= 4 is 29.0 Å². The van der Waals surface area contributed by atoms with Gasteiger partial charge in [0, 0.05) is 29.9 Å². The number of thioether (sulfide) groups is 1. The van der Waals surface area contributed by atoms with E-state index in [2.05, 4.69) is 5.10 Å². The van der Waals surface area contributed by atoms with Gasteiger partial charge in [-0.25, -0.2) is 0 Å². The molecule has 0 saturated carbocycles. The monoisotopic (exact) mass is 288 g/mol. The molecule has 6 heteroatoms. The van der Waals surface area contributed by atoms with Gasteiger partial charge in [-0.2, -0.15) is 5.10 Å². The van der Waals surface area contributed by atoms with E-state index in [1.54, 1.807) is 27.5 Å². The van der Waals surface area contributed by atoms with Crippen molar-refractivity contribution in [3.8, 4) is 0 Å². The summed E-state index contributed by atoms with van der Waals surface area (Å²) in [6.07, 6.45) is 1.71. The number of nitrogen functional groups attached to an aromatic ring is 1. The number of fused-ring (bicyclic) bond motifs is 1. The topological polar surface area (TPSA) is 64.2 Å². The summed E-state index contributed by atoms with van der Waals surface area (Å²) in [6.45, 7) is 3.34. The lowest BCUT2D eigenvalue weighted by Gasteiger charge is -2.28. The minimum absolute atomic E-state index is 0.123. The van der Waals surface area contributed by atoms with Gasteiger partial charge >= 0.3 is 0 Å². The van der Waals surface area contributed by atoms with Crippen molar-refractivity contribution in [3.63, 3.8) is 0 Å². The van der Waals surface area contributed by atoms with Crippen LogP contribution in [0.25, 0.3) is 0 Å². The molecule has 0 saturated heterocycles. The van der Waals surface area contributed by atoms with E-state index in [0.29, 0.717) is 24.5 Å². The highest BCUT2D eigenvalue weighted by Crippen LogP contribution is 2.35. The summed E-state index contributed by atoms with van der Waals surface area (Å²) >= 11 is 1.77. The Kier molecular flexibility index (Phi) is 3.40. The Bertz CT molecular complexity index is 652. The maximum atomic E-state index is 12.7. The van der Waals surface area contributed by atoms with E-state index in [4.69, 9.17) is 5.73 Å². The highest BCUT2D eigenvalue weighted by atomic mass is 32.2. The van der Waals surface area contributed by atoms with Crippen molar-refractivity contribution in [2.75, 3.05) is 22.9 Å². The molecule has 1 aromatic carbocycles. The Morgan fingerprint density at radius 1 is 1.45 bits per heavy atom. The molecular formula is C14H16N4OS. The van der Waals surface area contributed by atoms with Crippen LogP contribution in [0.15, 0.2) is 35.4 Å². The van der Waals surface area contributed by atoms with Crippen LogP contribution in [0.3, 0.4) is 0 Å². The van der Waals surface area contributed by atoms with E-state index in [1.807, 2.05) is 31.2 Å². The molecule has 1 aliphatic heterocycles. The lowest BCUT2D eigenvalue weighted by molar-refractivity contribution is 0.0983. The highest BCUT2D eigenvalue weighted by molar-refractivity contribution is 7.99. The smallest absolute Gasteiger partial charge is 0.280 e. The van der Waals surface area contributed by atoms with E-state index in [9.17, 15) is 4.79 Å². The molecule has 0 radical (unpaired) electrons. The number of aromatic nitrogens is 2. The second-order valence-electron chi connectivity index (χ2n) is 4.56. The summed E-state index contributed by atoms with van der Waals surface area (Å²) in [7, 11) is 0. The number of rotatable bonds is 2. The number of carbonyl (C=O) groups excluding carboxylic acids is 1. The van der Waals surface area contributed by atoms with Crippen molar-refractivity contribution in [2.45, 2.75) is 18.4 Å². The SMILES string of the molecule is CCn1cc(N)c(C(=O)N2CCSc3ccccc32)n1. The number of amides is 1. The van der Waals surface area contributed by atoms with Crippen LogP contribution >= 0.6 is 11.8 Å². The standard InChI is InChI=1S/C14H16N4OS/c1-2-17-9-10(15)13(16-17)14(19)18-7-8-20-12-6-4-3-5-11(12)18/h3-6,9H,2,7-8,15H2,1H3. The zero-order valence-corrected chi connectivity index (χ0v) is 12.1. The van der Waals surface area contributed by atoms with Gasteiger partial charge in [0.1, 0.15) is 0 Å². The van der Waals surface area contributed by atoms with E-state index in [-0.39, 0.29) is 5.91 Å². The molecule has 2 heterocycles. The third-order valence-electron chi connectivity index (χ3n) is 3.29. The summed E-state index contributed by atoms with van der Waals surface area (Å²) in [4.78, 5) is 15.6. The van der Waals surface area contributed by atoms with Crippen molar-refractivity contribution in [1.29, 1.82) is 0 Å². The summed E-state index contributed by atoms with van der Waals surface area (Å²) in [6, 6.07) is 7.93. The van der Waals surface area contributed by atoms with E-state index >= 15 is 0 Å². The molecule has 0 fully saturated rings. The number of hydrogen-bond acceptors (Lipinski definition) is 4. The van der Waals surface area contributed by atoms with E-state index in [0.717, 1.165) is 16.3 Å². The number of benzene rings is 1. The molecule has 5 nitrogen and oxygen atoms in total. The first-order valence-electron chi connectivity index (χ1n) is 6.57. The summed E-state index contributed by atoms with van der Waals surface area (Å²) in [5.74, 6) is 0.763. The van der Waals surface area contributed by atoms with Gasteiger partial charge in [-0.3, -0.25) is 9.48 Å². The fourth-order valence-corrected chi connectivity index (χ4v) is 3.27. The van der Waals surface area contributed by atoms with Crippen molar-refractivity contribution in [2.24, 2.45) is 0 Å². The lowest BCUT2D eigenvalue weighted by atomic mass is 10.2. The maximum Gasteiger partial charge on any atom is 0.280 e. The van der Waals surface area contributed by atoms with Crippen LogP contribution in [0.5, 0.6) is 0 Å². The number of para-hydroxylation sites is 1. The molecule has 20 heavy (non-hydrogen) atoms. The third kappa shape index (κ3) is 2.16. The average Bonchev–Trinajstić information content (AvgIpc) is 2.87. The number of nitrogens with two attached hydrogens (primary N) is 1. The van der Waals surface area contributed by atoms with Crippen LogP contribution in [0.1, 0.15) is 17.4 Å². The zero-order valence-electron chi connectivity index (χ0n) is 11.2. The second kappa shape index (κ2) is 5.20. The summed E-state index contributed by atoms with van der Waals surface area (Å²) in [5, 5.41) is 4.27. The summed E-state index contributed by atoms with van der Waals surface area (Å²) < 4.78 is 1.69. The Morgan fingerprint density at radius 2 is 2.25 bits per heavy atom. The van der Waals surface area contributed by atoms with Crippen LogP contribution in [0.4, 0.5) is 11.4 Å². The Labute approximate surface area is 121 Å². The van der Waals surface area contributed by atoms with Gasteiger partial charge in [-0.15, -0.1) is 11.8 Å². The first kappa shape index (κ1) is 13.1. The number of nitrogens with zero attached hydrogens (tertiary/aromatic N) is 3. The molecule has 2 N–H and O–H groups in total. The predicted octanol–water partition coefficient (Wildman–Crippen LogP) is 2.24. The number of hydrogen-bond donors (Lipinski definition) is 1. The number of carbonyl (C=O) groups is 1. The molecule has 1 aromatic heterocycles. The average molecular weight is 288 g/mol. The van der Waals surface area contributed by atoms with Crippen molar-refractivity contribution in [1.82, 2.24) is 9.78 Å². The van der Waals surface area contributed by atoms with Gasteiger partial charge < -0.3 is 10.6 Å². The van der Waals surface area contributed by atoms with Crippen LogP contribution in [-0.4, -0.2) is 28.0 Å². The van der Waals surface area contributed by atoms with Gasteiger partial charge in [0.2, 0.25) is 0 Å². The molecular weight excluding hydrogens is 272 g/mol. The Balaban J connectivity index is 1.97. The van der Waals surface area contributed by atoms with Crippen molar-refractivity contribution < 1.29 is 4.79 Å². The number of anilines is 2. The maximum absolute atomic E-state index is 12.7. The van der Waals surface area contributed by atoms with Gasteiger partial charge in [-0.1, -0.05) is 12.1 Å². The third-order valence-corrected chi connectivity index (χ3v) is 4.33. The molecule has 2 aromatic rings. The number of aryl methyl sites for hydroxylation is 1. The normalized spacial score (nSPS) is 14.2. The fourth-order valence-electron chi connectivity index (χ4n) is 2.27. The largest absolute Gasteiger partial charge is 0.396 e. The molecule has 1 aliphatic rings. The Hall–Kier alpha value is -1.95. The molecule has 0 spiro atoms. The molecule has 0 atom stereocenters. The second-order valence-corrected chi connectivity index (χ2v) is 5.70. The zero-order chi connectivity index (χ0) is 14.1. The van der Waals surface area contributed by atoms with Crippen molar-refractivity contribution in [3.05, 3.63) is 36.2 Å². The van der Waals surface area contributed by atoms with E-state index in [1.165, 1.54) is 0 Å². The minimum Gasteiger partial charge on any atom is -0.396 e. The van der Waals surface area contributed by atoms with Crippen LogP contribution < -0.4 is 10.6 Å². The molecule has 1 amide bonds. The first-order chi connectivity index (χ1) is 9.70. The van der Waals surface area contributed by atoms with Gasteiger partial charge in [0.05, 0.1) is 11.4 Å². The van der Waals surface area contributed by atoms with E-state index < -0.39 is 0 Å². The lowest BCUT2D eigenvalue weighted by Crippen LogP contribution is -2.36. The van der Waals surface area contributed by atoms with Gasteiger partial charge in [0.15, 0.2) is 5.69 Å². The molecule has 0 unspecified atom stereocenters. The van der Waals surface area contributed by atoms with Crippen LogP contribution in [0.2, 0.25) is 0 Å². The fraction of sp³-hybridized carbons (Fsp3) is 0.286.